The summed E-state index contributed by atoms with van der Waals surface area (Å²) < 4.78 is 55.6. The van der Waals surface area contributed by atoms with Gasteiger partial charge in [0.2, 0.25) is 0 Å². The second-order valence-electron chi connectivity index (χ2n) is 6.89. The average Bonchev–Trinajstić information content (AvgIpc) is 3.21. The lowest BCUT2D eigenvalue weighted by molar-refractivity contribution is 0.102. The van der Waals surface area contributed by atoms with Crippen LogP contribution in [0.5, 0.6) is 0 Å². The summed E-state index contributed by atoms with van der Waals surface area (Å²) in [4.78, 5) is 12.5. The van der Waals surface area contributed by atoms with Gasteiger partial charge < -0.3 is 5.32 Å². The van der Waals surface area contributed by atoms with E-state index in [1.54, 1.807) is 6.92 Å². The molecule has 0 spiro atoms. The molecule has 0 saturated heterocycles. The first-order valence-corrected chi connectivity index (χ1v) is 11.0. The summed E-state index contributed by atoms with van der Waals surface area (Å²) >= 11 is 0. The Morgan fingerprint density at radius 1 is 0.939 bits per heavy atom. The number of carbonyl (C=O) groups excluding carboxylic acids is 1. The van der Waals surface area contributed by atoms with Gasteiger partial charge >= 0.3 is 0 Å². The Morgan fingerprint density at radius 2 is 1.61 bits per heavy atom. The van der Waals surface area contributed by atoms with Gasteiger partial charge in [-0.25, -0.2) is 17.2 Å². The van der Waals surface area contributed by atoms with E-state index in [1.807, 2.05) is 0 Å². The molecule has 0 bridgehead atoms. The summed E-state index contributed by atoms with van der Waals surface area (Å²) in [7, 11) is -3.92. The lowest BCUT2D eigenvalue weighted by atomic mass is 10.2. The Kier molecular flexibility index (Phi) is 5.84. The summed E-state index contributed by atoms with van der Waals surface area (Å²) in [5, 5.41) is 13.6. The van der Waals surface area contributed by atoms with Crippen LogP contribution in [0, 0.1) is 18.6 Å². The number of hydrogen-bond acceptors (Lipinski definition) is 6. The lowest BCUT2D eigenvalue weighted by Crippen LogP contribution is -2.14. The molecular weight excluding hydrogens is 454 g/mol. The number of aromatic nitrogens is 4. The number of sulfonamides is 1. The van der Waals surface area contributed by atoms with Crippen molar-refractivity contribution in [2.75, 3.05) is 10.0 Å². The summed E-state index contributed by atoms with van der Waals surface area (Å²) in [5.41, 5.74) is 0.839. The minimum Gasteiger partial charge on any atom is -0.322 e. The second-order valence-corrected chi connectivity index (χ2v) is 8.58. The van der Waals surface area contributed by atoms with Crippen molar-refractivity contribution >= 4 is 27.3 Å². The van der Waals surface area contributed by atoms with E-state index in [0.29, 0.717) is 11.5 Å². The lowest BCUT2D eigenvalue weighted by Gasteiger charge is -2.10. The molecule has 2 N–H and O–H groups in total. The van der Waals surface area contributed by atoms with Gasteiger partial charge in [0.15, 0.2) is 5.82 Å². The first kappa shape index (κ1) is 22.0. The Hall–Kier alpha value is -4.19. The summed E-state index contributed by atoms with van der Waals surface area (Å²) in [6.07, 6.45) is 0. The van der Waals surface area contributed by atoms with Crippen molar-refractivity contribution in [1.82, 2.24) is 20.2 Å². The van der Waals surface area contributed by atoms with E-state index in [4.69, 9.17) is 0 Å². The van der Waals surface area contributed by atoms with Crippen molar-refractivity contribution in [3.05, 3.63) is 89.8 Å². The van der Waals surface area contributed by atoms with Crippen LogP contribution in [0.3, 0.4) is 0 Å². The Balaban J connectivity index is 1.48. The molecule has 33 heavy (non-hydrogen) atoms. The first-order chi connectivity index (χ1) is 15.7. The molecule has 3 aromatic carbocycles. The number of nitrogens with zero attached hydrogens (tertiary/aromatic N) is 4. The standard InChI is InChI=1S/C21H16F2N6O3S/c1-13-25-27-28-29(13)20-12-17(8-11-19(20)23)24-21(30)14-2-6-16(7-3-14)26-33(31,32)18-9-4-15(22)5-10-18/h2-12,26H,1H3,(H,24,30). The summed E-state index contributed by atoms with van der Waals surface area (Å²) in [5.74, 6) is -1.24. The molecule has 0 aliphatic heterocycles. The molecule has 0 aliphatic rings. The predicted molar refractivity (Wildman–Crippen MR) is 115 cm³/mol. The average molecular weight is 470 g/mol. The van der Waals surface area contributed by atoms with E-state index in [1.165, 1.54) is 47.1 Å². The number of halogens is 2. The number of tetrazole rings is 1. The third-order valence-corrected chi connectivity index (χ3v) is 5.98. The molecule has 1 amide bonds. The molecular formula is C21H16F2N6O3S. The third-order valence-electron chi connectivity index (χ3n) is 4.58. The van der Waals surface area contributed by atoms with E-state index in [9.17, 15) is 22.0 Å². The van der Waals surface area contributed by atoms with Crippen molar-refractivity contribution < 1.29 is 22.0 Å². The number of hydrogen-bond donors (Lipinski definition) is 2. The fourth-order valence-electron chi connectivity index (χ4n) is 2.93. The zero-order chi connectivity index (χ0) is 23.6. The van der Waals surface area contributed by atoms with Crippen LogP contribution in [0.2, 0.25) is 0 Å². The van der Waals surface area contributed by atoms with Crippen LogP contribution in [0.1, 0.15) is 16.2 Å². The molecule has 0 fully saturated rings. The molecule has 0 saturated carbocycles. The number of amides is 1. The smallest absolute Gasteiger partial charge is 0.261 e. The summed E-state index contributed by atoms with van der Waals surface area (Å²) in [6.45, 7) is 1.61. The van der Waals surface area contributed by atoms with Crippen molar-refractivity contribution in [1.29, 1.82) is 0 Å². The van der Waals surface area contributed by atoms with Crippen molar-refractivity contribution in [3.8, 4) is 5.69 Å². The molecule has 4 rings (SSSR count). The van der Waals surface area contributed by atoms with Gasteiger partial charge in [-0.1, -0.05) is 0 Å². The largest absolute Gasteiger partial charge is 0.322 e. The van der Waals surface area contributed by atoms with Crippen LogP contribution in [-0.4, -0.2) is 34.5 Å². The van der Waals surface area contributed by atoms with E-state index < -0.39 is 27.6 Å². The highest BCUT2D eigenvalue weighted by Gasteiger charge is 2.16. The normalized spacial score (nSPS) is 11.2. The minimum atomic E-state index is -3.92. The number of benzene rings is 3. The van der Waals surface area contributed by atoms with Gasteiger partial charge in [-0.3, -0.25) is 9.52 Å². The molecule has 0 atom stereocenters. The van der Waals surface area contributed by atoms with E-state index >= 15 is 0 Å². The highest BCUT2D eigenvalue weighted by Crippen LogP contribution is 2.21. The van der Waals surface area contributed by atoms with Gasteiger partial charge in [0.05, 0.1) is 4.90 Å². The molecule has 12 heteroatoms. The van der Waals surface area contributed by atoms with Crippen LogP contribution >= 0.6 is 0 Å². The summed E-state index contributed by atoms with van der Waals surface area (Å²) in [6, 6.07) is 14.0. The van der Waals surface area contributed by atoms with E-state index in [-0.39, 0.29) is 21.8 Å². The van der Waals surface area contributed by atoms with Gasteiger partial charge in [-0.2, -0.15) is 4.68 Å². The maximum absolute atomic E-state index is 14.2. The molecule has 1 heterocycles. The number of aryl methyl sites for hydroxylation is 1. The van der Waals surface area contributed by atoms with Gasteiger partial charge in [-0.05, 0) is 84.1 Å². The monoisotopic (exact) mass is 470 g/mol. The number of carbonyl (C=O) groups is 1. The maximum atomic E-state index is 14.2. The van der Waals surface area contributed by atoms with Crippen LogP contribution in [-0.2, 0) is 10.0 Å². The number of rotatable bonds is 6. The van der Waals surface area contributed by atoms with E-state index in [2.05, 4.69) is 25.6 Å². The second kappa shape index (κ2) is 8.74. The molecule has 0 radical (unpaired) electrons. The third kappa shape index (κ3) is 4.85. The van der Waals surface area contributed by atoms with Gasteiger partial charge in [0.25, 0.3) is 15.9 Å². The highest BCUT2D eigenvalue weighted by atomic mass is 32.2. The van der Waals surface area contributed by atoms with Crippen molar-refractivity contribution in [2.24, 2.45) is 0 Å². The highest BCUT2D eigenvalue weighted by molar-refractivity contribution is 7.92. The molecule has 0 aliphatic carbocycles. The fourth-order valence-corrected chi connectivity index (χ4v) is 3.99. The van der Waals surface area contributed by atoms with Gasteiger partial charge in [-0.15, -0.1) is 5.10 Å². The van der Waals surface area contributed by atoms with Crippen molar-refractivity contribution in [3.63, 3.8) is 0 Å². The van der Waals surface area contributed by atoms with Crippen molar-refractivity contribution in [2.45, 2.75) is 11.8 Å². The van der Waals surface area contributed by atoms with Crippen LogP contribution in [0.4, 0.5) is 20.2 Å². The zero-order valence-corrected chi connectivity index (χ0v) is 17.8. The Morgan fingerprint density at radius 3 is 2.24 bits per heavy atom. The van der Waals surface area contributed by atoms with E-state index in [0.717, 1.165) is 24.3 Å². The molecule has 168 valence electrons. The van der Waals surface area contributed by atoms with Crippen LogP contribution in [0.15, 0.2) is 71.6 Å². The number of anilines is 2. The Labute approximate surface area is 187 Å². The van der Waals surface area contributed by atoms with Crippen LogP contribution < -0.4 is 10.0 Å². The van der Waals surface area contributed by atoms with Gasteiger partial charge in [0.1, 0.15) is 17.3 Å². The van der Waals surface area contributed by atoms with Gasteiger partial charge in [0, 0.05) is 16.9 Å². The Bertz CT molecular complexity index is 1420. The SMILES string of the molecule is Cc1nnnn1-c1cc(NC(=O)c2ccc(NS(=O)(=O)c3ccc(F)cc3)cc2)ccc1F. The quantitative estimate of drug-likeness (QED) is 0.446. The first-order valence-electron chi connectivity index (χ1n) is 9.48. The molecule has 4 aromatic rings. The fraction of sp³-hybridized carbons (Fsp3) is 0.0476. The molecule has 9 nitrogen and oxygen atoms in total. The minimum absolute atomic E-state index is 0.0702. The zero-order valence-electron chi connectivity index (χ0n) is 17.0. The maximum Gasteiger partial charge on any atom is 0.261 e. The number of nitrogens with one attached hydrogen (secondary N) is 2. The topological polar surface area (TPSA) is 119 Å². The molecule has 0 unspecified atom stereocenters. The predicted octanol–water partition coefficient (Wildman–Crippen LogP) is 3.30. The molecule has 1 aromatic heterocycles. The van der Waals surface area contributed by atoms with Crippen LogP contribution in [0.25, 0.3) is 5.69 Å².